The molecule has 3 aliphatic carbocycles. The largest absolute Gasteiger partial charge is 1.00 e. The number of aliphatic carboxylic acids is 3. The van der Waals surface area contributed by atoms with Crippen LogP contribution in [-0.4, -0.2) is 99.7 Å². The van der Waals surface area contributed by atoms with E-state index in [0.29, 0.717) is 70.1 Å². The molecule has 0 fully saturated rings. The van der Waals surface area contributed by atoms with Crippen molar-refractivity contribution < 1.29 is 154 Å². The summed E-state index contributed by atoms with van der Waals surface area (Å²) in [5.74, 6) is -7.23. The number of nitrogens with one attached hydrogen (secondary N) is 3. The van der Waals surface area contributed by atoms with Gasteiger partial charge < -0.3 is 65.5 Å². The van der Waals surface area contributed by atoms with Gasteiger partial charge in [0.05, 0.1) is 71.3 Å². The zero-order chi connectivity index (χ0) is 51.0. The van der Waals surface area contributed by atoms with Crippen LogP contribution >= 0.6 is 0 Å². The summed E-state index contributed by atoms with van der Waals surface area (Å²) in [6.45, 7) is 0. The smallest absolute Gasteiger partial charge is 0.543 e. The number of H-pyrrole nitrogens is 3. The summed E-state index contributed by atoms with van der Waals surface area (Å²) in [5, 5.41) is 60.2. The second-order valence-electron chi connectivity index (χ2n) is 16.7. The minimum atomic E-state index is -1.46. The SMILES string of the molecule is O.O=C(O)Cc1cccc2c1Cc1c-2[nH]c(=O)c2nc(C(=O)[O-])cn12.O=C(O)Cc1cccc2c1Cc1c-2[nH]c(=O)c2nc(C(=O)[O-])cn12.O=C(O)Cc1cccc2c1Cc1c-2[nH]c(=O)c2nc(C(=O)[O-])cn12.[Na+].[Na+].[Na+]. The van der Waals surface area contributed by atoms with Crippen LogP contribution in [-0.2, 0) is 52.9 Å². The Morgan fingerprint density at radius 1 is 0.461 bits per heavy atom. The Morgan fingerprint density at radius 2 is 0.711 bits per heavy atom. The molecular formula is C48H32N9Na3O16. The summed E-state index contributed by atoms with van der Waals surface area (Å²) in [4.78, 5) is 122. The first-order valence-corrected chi connectivity index (χ1v) is 21.4. The molecule has 0 atom stereocenters. The summed E-state index contributed by atoms with van der Waals surface area (Å²) in [5.41, 5.74) is 7.67. The minimum absolute atomic E-state index is 0. The number of carboxylic acid groups (broad SMARTS) is 6. The fourth-order valence-corrected chi connectivity index (χ4v) is 9.53. The first-order valence-electron chi connectivity index (χ1n) is 21.4. The Hall–Kier alpha value is -7.30. The summed E-state index contributed by atoms with van der Waals surface area (Å²) in [6, 6.07) is 15.8. The van der Waals surface area contributed by atoms with Gasteiger partial charge in [0.15, 0.2) is 0 Å². The van der Waals surface area contributed by atoms with E-state index in [1.807, 2.05) is 0 Å². The standard InChI is InChI=1S/3C16H11N3O5.3Na.H2O/c3*20-12(21)4-7-2-1-3-8-9(7)5-11-13(8)18-15(22)14-17-10(16(23)24)6-19(11)14;;;;/h3*1-3,6H,4-5H2,(H,18,22)(H,20,21)(H,23,24);;;;1H2/q;;;3*+1;/p-3. The van der Waals surface area contributed by atoms with Crippen molar-refractivity contribution >= 4 is 52.8 Å². The Kier molecular flexibility index (Phi) is 17.2. The van der Waals surface area contributed by atoms with Crippen molar-refractivity contribution in [3.8, 4) is 33.8 Å². The summed E-state index contributed by atoms with van der Waals surface area (Å²) >= 11 is 0. The topological polar surface area (TPSA) is 414 Å². The molecule has 8 N–H and O–H groups in total. The Labute approximate surface area is 489 Å². The van der Waals surface area contributed by atoms with Crippen LogP contribution in [0, 0.1) is 0 Å². The maximum Gasteiger partial charge on any atom is 1.00 e. The second-order valence-corrected chi connectivity index (χ2v) is 16.7. The monoisotopic (exact) mass is 1060 g/mol. The number of carboxylic acids is 6. The summed E-state index contributed by atoms with van der Waals surface area (Å²) in [7, 11) is 0. The van der Waals surface area contributed by atoms with Gasteiger partial charge in [0.2, 0.25) is 16.9 Å². The van der Waals surface area contributed by atoms with Gasteiger partial charge in [-0.3, -0.25) is 42.0 Å². The van der Waals surface area contributed by atoms with Crippen LogP contribution in [0.2, 0.25) is 0 Å². The van der Waals surface area contributed by atoms with Crippen LogP contribution in [0.5, 0.6) is 0 Å². The van der Waals surface area contributed by atoms with Gasteiger partial charge >= 0.3 is 107 Å². The fraction of sp³-hybridized carbons (Fsp3) is 0.125. The predicted octanol–water partition coefficient (Wildman–Crippen LogP) is -11.1. The van der Waals surface area contributed by atoms with E-state index in [1.54, 1.807) is 54.6 Å². The number of rotatable bonds is 9. The van der Waals surface area contributed by atoms with E-state index < -0.39 is 52.5 Å². The Morgan fingerprint density at radius 3 is 0.934 bits per heavy atom. The molecule has 0 amide bonds. The maximum absolute atomic E-state index is 12.2. The summed E-state index contributed by atoms with van der Waals surface area (Å²) < 4.78 is 4.30. The molecule has 3 aliphatic rings. The van der Waals surface area contributed by atoms with Gasteiger partial charge in [-0.15, -0.1) is 0 Å². The molecule has 6 heterocycles. The third kappa shape index (κ3) is 10.4. The summed E-state index contributed by atoms with van der Waals surface area (Å²) in [6.07, 6.45) is 4.51. The molecule has 9 aromatic rings. The molecule has 3 aromatic carbocycles. The van der Waals surface area contributed by atoms with E-state index in [-0.39, 0.29) is 147 Å². The van der Waals surface area contributed by atoms with Crippen LogP contribution in [0.15, 0.2) is 87.6 Å². The molecule has 28 heteroatoms. The minimum Gasteiger partial charge on any atom is -0.543 e. The molecule has 76 heavy (non-hydrogen) atoms. The molecule has 0 saturated heterocycles. The van der Waals surface area contributed by atoms with Crippen molar-refractivity contribution in [2.75, 3.05) is 0 Å². The van der Waals surface area contributed by atoms with Gasteiger partial charge in [-0.2, -0.15) is 0 Å². The number of nitrogens with zero attached hydrogens (tertiary/aromatic N) is 6. The third-order valence-electron chi connectivity index (χ3n) is 12.5. The number of benzene rings is 3. The zero-order valence-electron chi connectivity index (χ0n) is 40.1. The molecule has 12 rings (SSSR count). The van der Waals surface area contributed by atoms with Crippen molar-refractivity contribution in [1.82, 2.24) is 43.1 Å². The van der Waals surface area contributed by atoms with Crippen LogP contribution in [0.3, 0.4) is 0 Å². The number of hydrogen-bond donors (Lipinski definition) is 6. The molecule has 0 radical (unpaired) electrons. The fourth-order valence-electron chi connectivity index (χ4n) is 9.53. The third-order valence-corrected chi connectivity index (χ3v) is 12.5. The average Bonchev–Trinajstić information content (AvgIpc) is 4.18. The van der Waals surface area contributed by atoms with E-state index in [9.17, 15) is 58.5 Å². The van der Waals surface area contributed by atoms with E-state index in [1.165, 1.54) is 31.8 Å². The van der Waals surface area contributed by atoms with Crippen LogP contribution in [0.4, 0.5) is 0 Å². The predicted molar refractivity (Wildman–Crippen MR) is 243 cm³/mol. The van der Waals surface area contributed by atoms with Crippen molar-refractivity contribution in [3.63, 3.8) is 0 Å². The molecule has 0 saturated carbocycles. The number of aromatic amines is 3. The zero-order valence-corrected chi connectivity index (χ0v) is 46.1. The van der Waals surface area contributed by atoms with Crippen molar-refractivity contribution in [2.45, 2.75) is 38.5 Å². The molecule has 0 unspecified atom stereocenters. The van der Waals surface area contributed by atoms with E-state index >= 15 is 0 Å². The normalized spacial score (nSPS) is 11.5. The first kappa shape index (κ1) is 58.0. The molecule has 25 nitrogen and oxygen atoms in total. The van der Waals surface area contributed by atoms with Crippen molar-refractivity contribution in [2.24, 2.45) is 0 Å². The molecule has 0 spiro atoms. The number of carbonyl (C=O) groups excluding carboxylic acids is 3. The van der Waals surface area contributed by atoms with Crippen molar-refractivity contribution in [3.05, 3.63) is 172 Å². The molecule has 6 aromatic heterocycles. The number of hydrogen-bond acceptors (Lipinski definition) is 15. The number of aromatic carboxylic acids is 3. The molecule has 368 valence electrons. The molecule has 0 aliphatic heterocycles. The number of fused-ring (bicyclic) bond motifs is 15. The maximum atomic E-state index is 12.2. The van der Waals surface area contributed by atoms with Gasteiger partial charge in [0.25, 0.3) is 16.7 Å². The number of carbonyl (C=O) groups is 6. The Balaban J connectivity index is 0.000000180. The van der Waals surface area contributed by atoms with Gasteiger partial charge in [-0.1, -0.05) is 54.6 Å². The molecule has 0 bridgehead atoms. The number of aromatic nitrogens is 9. The second kappa shape index (κ2) is 22.5. The quantitative estimate of drug-likeness (QED) is 0.0731. The van der Waals surface area contributed by atoms with E-state index in [0.717, 1.165) is 33.4 Å². The van der Waals surface area contributed by atoms with Crippen LogP contribution in [0.25, 0.3) is 50.7 Å². The number of imidazole rings is 3. The van der Waals surface area contributed by atoms with Crippen molar-refractivity contribution in [1.29, 1.82) is 0 Å². The van der Waals surface area contributed by atoms with Gasteiger partial charge in [0.1, 0.15) is 17.1 Å². The van der Waals surface area contributed by atoms with Gasteiger partial charge in [-0.25, -0.2) is 15.0 Å². The first-order chi connectivity index (χ1) is 34.4. The van der Waals surface area contributed by atoms with Crippen LogP contribution in [0.1, 0.15) is 81.9 Å². The van der Waals surface area contributed by atoms with Crippen LogP contribution < -0.4 is 121 Å². The Bertz CT molecular complexity index is 3720. The van der Waals surface area contributed by atoms with Gasteiger partial charge in [0, 0.05) is 54.5 Å². The van der Waals surface area contributed by atoms with Gasteiger partial charge in [-0.05, 0) is 33.4 Å². The van der Waals surface area contributed by atoms with E-state index in [4.69, 9.17) is 15.3 Å². The van der Waals surface area contributed by atoms with E-state index in [2.05, 4.69) is 29.9 Å². The average molecular weight is 1060 g/mol. The molecular weight excluding hydrogens is 1030 g/mol.